The lowest BCUT2D eigenvalue weighted by molar-refractivity contribution is -0.231. The molecule has 6 nitrogen and oxygen atoms in total. The molecule has 6 heteroatoms. The van der Waals surface area contributed by atoms with Gasteiger partial charge < -0.3 is 30.6 Å². The largest absolute Gasteiger partial charge is 0.394 e. The molecule has 1 saturated heterocycles. The Morgan fingerprint density at radius 3 is 2.30 bits per heavy atom. The molecule has 0 radical (unpaired) electrons. The van der Waals surface area contributed by atoms with Gasteiger partial charge in [-0.05, 0) is 59.9 Å². The Bertz CT molecular complexity index is 906. The van der Waals surface area contributed by atoms with Crippen LogP contribution in [0.15, 0.2) is 42.5 Å². The van der Waals surface area contributed by atoms with Gasteiger partial charge in [0.25, 0.3) is 0 Å². The standard InChI is InChI=1S/C24H29NO5/c1-13(25)15-4-2-14(3-5-15)10-18-11-17(8-9-19(18)16-6-7-16)24-23(29)22(28)21(27)20(12-26)30-24/h2-5,8-9,11,16,20-29H,6-7,10,12H2,1H3/t20-,21-,22+,23-,24+/m1/s1. The molecule has 1 heterocycles. The van der Waals surface area contributed by atoms with Gasteiger partial charge in [0.05, 0.1) is 6.61 Å². The molecule has 30 heavy (non-hydrogen) atoms. The van der Waals surface area contributed by atoms with Gasteiger partial charge in [-0.15, -0.1) is 0 Å². The molecule has 0 bridgehead atoms. The van der Waals surface area contributed by atoms with Gasteiger partial charge in [0.2, 0.25) is 0 Å². The SMILES string of the molecule is CC(=N)c1ccc(Cc2cc([C@@H]3O[C@H](CO)[C@@H](O)[C@H](O)[C@H]3O)ccc2C2CC2)cc1. The van der Waals surface area contributed by atoms with Crippen LogP contribution in [-0.4, -0.2) is 57.2 Å². The van der Waals surface area contributed by atoms with E-state index in [4.69, 9.17) is 10.1 Å². The molecule has 1 aliphatic heterocycles. The highest BCUT2D eigenvalue weighted by molar-refractivity contribution is 5.96. The zero-order valence-corrected chi connectivity index (χ0v) is 17.0. The van der Waals surface area contributed by atoms with Crippen molar-refractivity contribution in [1.82, 2.24) is 0 Å². The smallest absolute Gasteiger partial charge is 0.113 e. The normalized spacial score (nSPS) is 29.0. The Morgan fingerprint density at radius 2 is 1.70 bits per heavy atom. The quantitative estimate of drug-likeness (QED) is 0.467. The molecule has 1 saturated carbocycles. The van der Waals surface area contributed by atoms with Gasteiger partial charge in [0.15, 0.2) is 0 Å². The first kappa shape index (κ1) is 21.2. The number of hydrogen-bond donors (Lipinski definition) is 5. The Balaban J connectivity index is 1.63. The van der Waals surface area contributed by atoms with Gasteiger partial charge in [0.1, 0.15) is 30.5 Å². The summed E-state index contributed by atoms with van der Waals surface area (Å²) < 4.78 is 5.75. The van der Waals surface area contributed by atoms with Crippen LogP contribution in [0.4, 0.5) is 0 Å². The molecule has 5 atom stereocenters. The van der Waals surface area contributed by atoms with Crippen LogP contribution in [0.3, 0.4) is 0 Å². The predicted octanol–water partition coefficient (Wildman–Crippen LogP) is 2.06. The second-order valence-corrected chi connectivity index (χ2v) is 8.48. The van der Waals surface area contributed by atoms with Crippen LogP contribution in [0.1, 0.15) is 59.6 Å². The first-order valence-electron chi connectivity index (χ1n) is 10.5. The Kier molecular flexibility index (Phi) is 6.04. The van der Waals surface area contributed by atoms with Crippen LogP contribution in [0.2, 0.25) is 0 Å². The fourth-order valence-electron chi connectivity index (χ4n) is 4.22. The summed E-state index contributed by atoms with van der Waals surface area (Å²) in [6, 6.07) is 14.0. The molecular formula is C24H29NO5. The number of hydrogen-bond acceptors (Lipinski definition) is 6. The highest BCUT2D eigenvalue weighted by Gasteiger charge is 2.44. The zero-order valence-electron chi connectivity index (χ0n) is 17.0. The molecule has 0 aromatic heterocycles. The number of benzene rings is 2. The number of aliphatic hydroxyl groups excluding tert-OH is 4. The summed E-state index contributed by atoms with van der Waals surface area (Å²) in [6.45, 7) is 1.33. The number of nitrogens with one attached hydrogen (secondary N) is 1. The predicted molar refractivity (Wildman–Crippen MR) is 113 cm³/mol. The monoisotopic (exact) mass is 411 g/mol. The van der Waals surface area contributed by atoms with Gasteiger partial charge in [-0.25, -0.2) is 0 Å². The molecule has 1 aliphatic carbocycles. The van der Waals surface area contributed by atoms with Crippen LogP contribution in [0.25, 0.3) is 0 Å². The molecule has 5 N–H and O–H groups in total. The van der Waals surface area contributed by atoms with Gasteiger partial charge in [0, 0.05) is 5.71 Å². The molecule has 2 fully saturated rings. The van der Waals surface area contributed by atoms with E-state index in [9.17, 15) is 20.4 Å². The molecule has 4 rings (SSSR count). The first-order chi connectivity index (χ1) is 14.4. The van der Waals surface area contributed by atoms with Crippen molar-refractivity contribution in [2.45, 2.75) is 62.6 Å². The summed E-state index contributed by atoms with van der Waals surface area (Å²) in [5, 5.41) is 47.9. The summed E-state index contributed by atoms with van der Waals surface area (Å²) in [7, 11) is 0. The molecular weight excluding hydrogens is 382 g/mol. The number of ether oxygens (including phenoxy) is 1. The van der Waals surface area contributed by atoms with Crippen molar-refractivity contribution < 1.29 is 25.2 Å². The van der Waals surface area contributed by atoms with Crippen molar-refractivity contribution in [3.63, 3.8) is 0 Å². The molecule has 2 aliphatic rings. The van der Waals surface area contributed by atoms with Gasteiger partial charge >= 0.3 is 0 Å². The van der Waals surface area contributed by atoms with Gasteiger partial charge in [-0.1, -0.05) is 42.5 Å². The van der Waals surface area contributed by atoms with Gasteiger partial charge in [-0.2, -0.15) is 0 Å². The fraction of sp³-hybridized carbons (Fsp3) is 0.458. The minimum absolute atomic E-state index is 0.437. The van der Waals surface area contributed by atoms with Crippen molar-refractivity contribution in [1.29, 1.82) is 5.41 Å². The topological polar surface area (TPSA) is 114 Å². The lowest BCUT2D eigenvalue weighted by atomic mass is 9.88. The molecule has 0 spiro atoms. The number of aliphatic hydroxyl groups is 4. The van der Waals surface area contributed by atoms with Crippen LogP contribution < -0.4 is 0 Å². The zero-order chi connectivity index (χ0) is 21.4. The van der Waals surface area contributed by atoms with E-state index >= 15 is 0 Å². The third kappa shape index (κ3) is 4.19. The second-order valence-electron chi connectivity index (χ2n) is 8.48. The van der Waals surface area contributed by atoms with E-state index < -0.39 is 37.1 Å². The number of rotatable bonds is 6. The van der Waals surface area contributed by atoms with E-state index in [1.165, 1.54) is 18.4 Å². The van der Waals surface area contributed by atoms with Crippen molar-refractivity contribution >= 4 is 5.71 Å². The Labute approximate surface area is 176 Å². The van der Waals surface area contributed by atoms with Crippen molar-refractivity contribution in [2.75, 3.05) is 6.61 Å². The highest BCUT2D eigenvalue weighted by Crippen LogP contribution is 2.43. The molecule has 0 unspecified atom stereocenters. The van der Waals surface area contributed by atoms with Crippen LogP contribution in [-0.2, 0) is 11.2 Å². The lowest BCUT2D eigenvalue weighted by Gasteiger charge is -2.40. The fourth-order valence-corrected chi connectivity index (χ4v) is 4.22. The van der Waals surface area contributed by atoms with E-state index in [1.807, 2.05) is 36.4 Å². The maximum atomic E-state index is 10.5. The second kappa shape index (κ2) is 8.57. The lowest BCUT2D eigenvalue weighted by Crippen LogP contribution is -2.55. The third-order valence-electron chi connectivity index (χ3n) is 6.19. The highest BCUT2D eigenvalue weighted by atomic mass is 16.5. The van der Waals surface area contributed by atoms with E-state index in [0.29, 0.717) is 18.1 Å². The molecule has 160 valence electrons. The van der Waals surface area contributed by atoms with Crippen LogP contribution in [0, 0.1) is 5.41 Å². The third-order valence-corrected chi connectivity index (χ3v) is 6.19. The van der Waals surface area contributed by atoms with Gasteiger partial charge in [-0.3, -0.25) is 0 Å². The average molecular weight is 411 g/mol. The Morgan fingerprint density at radius 1 is 1.00 bits per heavy atom. The Hall–Kier alpha value is -2.09. The summed E-state index contributed by atoms with van der Waals surface area (Å²) in [6.07, 6.45) is -2.72. The minimum Gasteiger partial charge on any atom is -0.394 e. The first-order valence-corrected chi connectivity index (χ1v) is 10.5. The van der Waals surface area contributed by atoms with E-state index in [1.54, 1.807) is 6.92 Å². The summed E-state index contributed by atoms with van der Waals surface area (Å²) >= 11 is 0. The van der Waals surface area contributed by atoms with E-state index in [0.717, 1.165) is 22.3 Å². The summed E-state index contributed by atoms with van der Waals surface area (Å²) in [4.78, 5) is 0. The van der Waals surface area contributed by atoms with Crippen molar-refractivity contribution in [3.8, 4) is 0 Å². The van der Waals surface area contributed by atoms with E-state index in [-0.39, 0.29) is 0 Å². The molecule has 0 amide bonds. The van der Waals surface area contributed by atoms with Crippen molar-refractivity contribution in [2.24, 2.45) is 0 Å². The summed E-state index contributed by atoms with van der Waals surface area (Å²) in [5.41, 5.74) is 5.72. The average Bonchev–Trinajstić information content (AvgIpc) is 3.58. The molecule has 2 aromatic carbocycles. The van der Waals surface area contributed by atoms with E-state index in [2.05, 4.69) is 6.07 Å². The van der Waals surface area contributed by atoms with Crippen LogP contribution in [0.5, 0.6) is 0 Å². The van der Waals surface area contributed by atoms with Crippen LogP contribution >= 0.6 is 0 Å². The maximum absolute atomic E-state index is 10.5. The molecule has 2 aromatic rings. The maximum Gasteiger partial charge on any atom is 0.113 e. The minimum atomic E-state index is -1.38. The van der Waals surface area contributed by atoms with Crippen molar-refractivity contribution in [3.05, 3.63) is 70.3 Å². The summed E-state index contributed by atoms with van der Waals surface area (Å²) in [5.74, 6) is 0.548.